The summed E-state index contributed by atoms with van der Waals surface area (Å²) in [6, 6.07) is 19.0. The van der Waals surface area contributed by atoms with Crippen LogP contribution in [0.1, 0.15) is 0 Å². The Hall–Kier alpha value is -1.86. The largest absolute Gasteiger partial charge is 2.00 e. The molecular formula is C18H16O5S2Zn. The second-order valence-electron chi connectivity index (χ2n) is 4.11. The van der Waals surface area contributed by atoms with Crippen molar-refractivity contribution in [2.24, 2.45) is 0 Å². The Labute approximate surface area is 173 Å². The van der Waals surface area contributed by atoms with E-state index in [0.717, 1.165) is 21.9 Å². The summed E-state index contributed by atoms with van der Waals surface area (Å²) < 4.78 is 0. The average molecular weight is 442 g/mol. The Morgan fingerprint density at radius 2 is 1.00 bits per heavy atom. The number of carboxylic acid groups (broad SMARTS) is 2. The Balaban J connectivity index is 0. The van der Waals surface area contributed by atoms with E-state index < -0.39 is 11.9 Å². The molecule has 132 valence electrons. The van der Waals surface area contributed by atoms with Gasteiger partial charge in [-0.2, -0.15) is 0 Å². The molecule has 2 N–H and O–H groups in total. The summed E-state index contributed by atoms with van der Waals surface area (Å²) in [5.41, 5.74) is 0. The predicted octanol–water partition coefficient (Wildman–Crippen LogP) is 1.26. The fourth-order valence-electron chi connectivity index (χ4n) is 1.33. The number of benzene rings is 2. The Kier molecular flexibility index (Phi) is 16.8. The number of hydrogen-bond acceptors (Lipinski definition) is 6. The predicted molar refractivity (Wildman–Crippen MR) is 96.5 cm³/mol. The summed E-state index contributed by atoms with van der Waals surface area (Å²) >= 11 is 2.69. The van der Waals surface area contributed by atoms with Crippen LogP contribution in [0.2, 0.25) is 0 Å². The molecule has 2 rings (SSSR count). The van der Waals surface area contributed by atoms with E-state index in [1.54, 1.807) is 0 Å². The molecule has 0 amide bonds. The number of carbonyl (C=O) groups excluding carboxylic acids is 2. The third-order valence-electron chi connectivity index (χ3n) is 2.30. The molecule has 0 aliphatic carbocycles. The molecule has 0 radical (unpaired) electrons. The van der Waals surface area contributed by atoms with E-state index in [4.69, 9.17) is 0 Å². The van der Waals surface area contributed by atoms with Crippen molar-refractivity contribution in [3.05, 3.63) is 83.6 Å². The molecule has 0 fully saturated rings. The Bertz CT molecular complexity index is 630. The maximum atomic E-state index is 9.98. The molecule has 0 heterocycles. The van der Waals surface area contributed by atoms with Gasteiger partial charge in [-0.05, 0) is 47.2 Å². The zero-order valence-corrected chi connectivity index (χ0v) is 18.3. The normalized spacial score (nSPS) is 9.54. The van der Waals surface area contributed by atoms with E-state index in [9.17, 15) is 19.8 Å². The number of carbonyl (C=O) groups is 2. The van der Waals surface area contributed by atoms with Crippen LogP contribution in [0.5, 0.6) is 0 Å². The number of hydrogen-bond donors (Lipinski definition) is 0. The first-order chi connectivity index (χ1) is 11.6. The summed E-state index contributed by atoms with van der Waals surface area (Å²) in [4.78, 5) is 22.0. The fraction of sp³-hybridized carbons (Fsp3) is 0. The van der Waals surface area contributed by atoms with E-state index in [1.165, 1.54) is 34.3 Å². The summed E-state index contributed by atoms with van der Waals surface area (Å²) in [6.45, 7) is 0. The van der Waals surface area contributed by atoms with Crippen molar-refractivity contribution in [2.75, 3.05) is 0 Å². The first-order valence-electron chi connectivity index (χ1n) is 6.76. The van der Waals surface area contributed by atoms with E-state index in [0.29, 0.717) is 0 Å². The molecular weight excluding hydrogens is 426 g/mol. The van der Waals surface area contributed by atoms with Crippen LogP contribution in [0.15, 0.2) is 93.4 Å². The molecule has 0 saturated heterocycles. The Morgan fingerprint density at radius 3 is 1.27 bits per heavy atom. The van der Waals surface area contributed by atoms with Crippen LogP contribution >= 0.6 is 23.5 Å². The molecule has 26 heavy (non-hydrogen) atoms. The number of rotatable bonds is 6. The molecule has 0 aromatic heterocycles. The zero-order valence-electron chi connectivity index (χ0n) is 13.7. The van der Waals surface area contributed by atoms with Crippen LogP contribution < -0.4 is 10.2 Å². The van der Waals surface area contributed by atoms with Crippen molar-refractivity contribution in [2.45, 2.75) is 9.79 Å². The van der Waals surface area contributed by atoms with E-state index in [-0.39, 0.29) is 25.0 Å². The van der Waals surface area contributed by atoms with E-state index >= 15 is 0 Å². The van der Waals surface area contributed by atoms with Gasteiger partial charge < -0.3 is 25.3 Å². The monoisotopic (exact) mass is 440 g/mol. The smallest absolute Gasteiger partial charge is 0.545 e. The average Bonchev–Trinajstić information content (AvgIpc) is 2.57. The van der Waals surface area contributed by atoms with Gasteiger partial charge in [0.25, 0.3) is 0 Å². The first-order valence-corrected chi connectivity index (χ1v) is 8.52. The van der Waals surface area contributed by atoms with Crippen LogP contribution in [0.25, 0.3) is 0 Å². The maximum Gasteiger partial charge on any atom is 2.00 e. The van der Waals surface area contributed by atoms with Gasteiger partial charge in [0.1, 0.15) is 0 Å². The number of thioether (sulfide) groups is 2. The quantitative estimate of drug-likeness (QED) is 0.379. The van der Waals surface area contributed by atoms with Crippen LogP contribution in [-0.4, -0.2) is 17.4 Å². The molecule has 0 aliphatic rings. The molecule has 0 bridgehead atoms. The SMILES string of the molecule is O.O=C([O-])/C=C\Sc1ccccc1.O=C([O-])/C=C\Sc1ccccc1.[Zn+2]. The van der Waals surface area contributed by atoms with Gasteiger partial charge in [0.2, 0.25) is 0 Å². The molecule has 0 saturated carbocycles. The second kappa shape index (κ2) is 16.6. The van der Waals surface area contributed by atoms with Gasteiger partial charge in [0.15, 0.2) is 0 Å². The molecule has 0 atom stereocenters. The molecule has 8 heteroatoms. The first kappa shape index (κ1) is 26.4. The standard InChI is InChI=1S/2C9H8O2S.H2O.Zn/c2*10-9(11)6-7-12-8-4-2-1-3-5-8;;/h2*1-7H,(H,10,11);1H2;/q;;;+2/p-2/b2*7-6-;;. The van der Waals surface area contributed by atoms with Crippen LogP contribution in [-0.2, 0) is 29.1 Å². The van der Waals surface area contributed by atoms with Crippen molar-refractivity contribution >= 4 is 35.5 Å². The number of aliphatic carboxylic acids is 2. The summed E-state index contributed by atoms with van der Waals surface area (Å²) in [7, 11) is 0. The van der Waals surface area contributed by atoms with Gasteiger partial charge in [-0.1, -0.05) is 59.9 Å². The molecule has 0 unspecified atom stereocenters. The molecule has 0 spiro atoms. The summed E-state index contributed by atoms with van der Waals surface area (Å²) in [5, 5.41) is 22.9. The minimum absolute atomic E-state index is 0. The molecule has 0 aliphatic heterocycles. The maximum absolute atomic E-state index is 9.98. The van der Waals surface area contributed by atoms with Gasteiger partial charge in [0.05, 0.1) is 11.9 Å². The zero-order chi connectivity index (χ0) is 17.6. The molecule has 2 aromatic rings. The molecule has 5 nitrogen and oxygen atoms in total. The van der Waals surface area contributed by atoms with Crippen LogP contribution in [0.4, 0.5) is 0 Å². The fourth-order valence-corrected chi connectivity index (χ4v) is 2.64. The third kappa shape index (κ3) is 14.5. The van der Waals surface area contributed by atoms with Crippen molar-refractivity contribution in [3.63, 3.8) is 0 Å². The van der Waals surface area contributed by atoms with Gasteiger partial charge in [0, 0.05) is 9.79 Å². The van der Waals surface area contributed by atoms with Gasteiger partial charge in [-0.25, -0.2) is 0 Å². The van der Waals surface area contributed by atoms with Gasteiger partial charge in [-0.15, -0.1) is 0 Å². The van der Waals surface area contributed by atoms with Gasteiger partial charge in [-0.3, -0.25) is 0 Å². The number of carboxylic acids is 2. The van der Waals surface area contributed by atoms with E-state index in [1.807, 2.05) is 60.7 Å². The topological polar surface area (TPSA) is 112 Å². The minimum Gasteiger partial charge on any atom is -0.545 e. The Morgan fingerprint density at radius 1 is 0.692 bits per heavy atom. The van der Waals surface area contributed by atoms with Gasteiger partial charge >= 0.3 is 19.5 Å². The third-order valence-corrected chi connectivity index (χ3v) is 3.94. The summed E-state index contributed by atoms with van der Waals surface area (Å²) in [6.07, 6.45) is 2.02. The van der Waals surface area contributed by atoms with Crippen molar-refractivity contribution in [1.82, 2.24) is 0 Å². The van der Waals surface area contributed by atoms with Crippen molar-refractivity contribution in [1.29, 1.82) is 0 Å². The van der Waals surface area contributed by atoms with Crippen molar-refractivity contribution in [3.8, 4) is 0 Å². The second-order valence-corrected chi connectivity index (χ2v) is 6.06. The van der Waals surface area contributed by atoms with E-state index in [2.05, 4.69) is 0 Å². The van der Waals surface area contributed by atoms with Crippen LogP contribution in [0, 0.1) is 0 Å². The van der Waals surface area contributed by atoms with Crippen LogP contribution in [0.3, 0.4) is 0 Å². The van der Waals surface area contributed by atoms with Crippen molar-refractivity contribution < 1.29 is 44.8 Å². The minimum atomic E-state index is -1.17. The molecule has 2 aromatic carbocycles. The summed E-state index contributed by atoms with van der Waals surface area (Å²) in [5.74, 6) is -2.34.